The number of nitrogens with zero attached hydrogens (tertiary/aromatic N) is 1. The average Bonchev–Trinajstić information content (AvgIpc) is 2.50. The third kappa shape index (κ3) is 4.94. The third-order valence-corrected chi connectivity index (χ3v) is 5.50. The van der Waals surface area contributed by atoms with Crippen molar-refractivity contribution in [1.82, 2.24) is 4.31 Å². The van der Waals surface area contributed by atoms with E-state index in [2.05, 4.69) is 10.6 Å². The Kier molecular flexibility index (Phi) is 7.51. The molecule has 0 aliphatic rings. The van der Waals surface area contributed by atoms with Gasteiger partial charge in [-0.1, -0.05) is 20.8 Å². The van der Waals surface area contributed by atoms with Gasteiger partial charge in [-0.2, -0.15) is 4.31 Å². The van der Waals surface area contributed by atoms with Crippen LogP contribution in [-0.2, 0) is 14.8 Å². The van der Waals surface area contributed by atoms with E-state index in [9.17, 15) is 13.2 Å². The van der Waals surface area contributed by atoms with Crippen LogP contribution in [0, 0.1) is 0 Å². The largest absolute Gasteiger partial charge is 0.384 e. The molecule has 0 aliphatic heterocycles. The van der Waals surface area contributed by atoms with Crippen molar-refractivity contribution in [2.24, 2.45) is 0 Å². The number of carbonyl (C=O) groups excluding carboxylic acids is 1. The molecule has 0 bridgehead atoms. The minimum atomic E-state index is -3.55. The third-order valence-electron chi connectivity index (χ3n) is 3.45. The zero-order chi connectivity index (χ0) is 17.5. The second kappa shape index (κ2) is 8.88. The summed E-state index contributed by atoms with van der Waals surface area (Å²) in [5, 5.41) is 5.94. The lowest BCUT2D eigenvalue weighted by atomic mass is 10.2. The van der Waals surface area contributed by atoms with E-state index in [1.54, 1.807) is 26.0 Å². The first-order valence-electron chi connectivity index (χ1n) is 8.08. The minimum Gasteiger partial charge on any atom is -0.384 e. The molecule has 0 aromatic heterocycles. The lowest BCUT2D eigenvalue weighted by molar-refractivity contribution is -0.116. The predicted molar refractivity (Wildman–Crippen MR) is 94.3 cm³/mol. The van der Waals surface area contributed by atoms with E-state index in [-0.39, 0.29) is 10.8 Å². The normalized spacial score (nSPS) is 11.5. The maximum atomic E-state index is 12.6. The zero-order valence-electron chi connectivity index (χ0n) is 14.3. The predicted octanol–water partition coefficient (Wildman–Crippen LogP) is 2.89. The number of nitrogens with one attached hydrogen (secondary N) is 2. The number of amides is 1. The maximum Gasteiger partial charge on any atom is 0.243 e. The molecule has 6 nitrogen and oxygen atoms in total. The fourth-order valence-electron chi connectivity index (χ4n) is 2.28. The molecule has 0 fully saturated rings. The van der Waals surface area contributed by atoms with E-state index in [1.807, 2.05) is 13.8 Å². The molecular formula is C16H27N3O3S. The molecule has 0 radical (unpaired) electrons. The van der Waals surface area contributed by atoms with Crippen molar-refractivity contribution in [2.45, 2.75) is 45.4 Å². The van der Waals surface area contributed by atoms with Crippen LogP contribution < -0.4 is 10.6 Å². The summed E-state index contributed by atoms with van der Waals surface area (Å²) in [6.07, 6.45) is 1.14. The molecule has 23 heavy (non-hydrogen) atoms. The van der Waals surface area contributed by atoms with Crippen LogP contribution in [0.5, 0.6) is 0 Å². The molecular weight excluding hydrogens is 314 g/mol. The summed E-state index contributed by atoms with van der Waals surface area (Å²) in [5.41, 5.74) is 1.22. The van der Waals surface area contributed by atoms with E-state index in [4.69, 9.17) is 0 Å². The van der Waals surface area contributed by atoms with Crippen LogP contribution in [-0.4, -0.2) is 38.3 Å². The molecule has 1 aromatic carbocycles. The van der Waals surface area contributed by atoms with Gasteiger partial charge in [-0.15, -0.1) is 0 Å². The van der Waals surface area contributed by atoms with Crippen molar-refractivity contribution in [1.29, 1.82) is 0 Å². The van der Waals surface area contributed by atoms with E-state index in [1.165, 1.54) is 10.4 Å². The molecule has 1 amide bonds. The van der Waals surface area contributed by atoms with Gasteiger partial charge in [-0.25, -0.2) is 8.42 Å². The summed E-state index contributed by atoms with van der Waals surface area (Å²) < 4.78 is 26.6. The van der Waals surface area contributed by atoms with Gasteiger partial charge in [0.2, 0.25) is 15.9 Å². The number of carbonyl (C=O) groups is 1. The number of benzene rings is 1. The average molecular weight is 341 g/mol. The Bertz CT molecular complexity index is 625. The Morgan fingerprint density at radius 2 is 1.74 bits per heavy atom. The lowest BCUT2D eigenvalue weighted by Gasteiger charge is -2.20. The monoisotopic (exact) mass is 341 g/mol. The summed E-state index contributed by atoms with van der Waals surface area (Å²) in [6.45, 7) is 8.97. The Morgan fingerprint density at radius 3 is 2.26 bits per heavy atom. The van der Waals surface area contributed by atoms with Crippen LogP contribution in [0.1, 0.15) is 40.5 Å². The second-order valence-electron chi connectivity index (χ2n) is 5.13. The first kappa shape index (κ1) is 19.4. The van der Waals surface area contributed by atoms with Crippen LogP contribution in [0.3, 0.4) is 0 Å². The van der Waals surface area contributed by atoms with Gasteiger partial charge < -0.3 is 10.6 Å². The summed E-state index contributed by atoms with van der Waals surface area (Å²) >= 11 is 0. The van der Waals surface area contributed by atoms with Crippen LogP contribution in [0.4, 0.5) is 11.4 Å². The molecule has 0 spiro atoms. The molecule has 0 saturated carbocycles. The van der Waals surface area contributed by atoms with Crippen molar-refractivity contribution >= 4 is 27.3 Å². The molecule has 2 N–H and O–H groups in total. The van der Waals surface area contributed by atoms with E-state index in [0.29, 0.717) is 31.7 Å². The Labute approximate surface area is 139 Å². The van der Waals surface area contributed by atoms with Crippen molar-refractivity contribution in [2.75, 3.05) is 30.3 Å². The summed E-state index contributed by atoms with van der Waals surface area (Å²) in [4.78, 5) is 12.1. The summed E-state index contributed by atoms with van der Waals surface area (Å²) in [5.74, 6) is -0.121. The quantitative estimate of drug-likeness (QED) is 0.724. The van der Waals surface area contributed by atoms with Gasteiger partial charge in [-0.3, -0.25) is 4.79 Å². The maximum absolute atomic E-state index is 12.6. The first-order valence-corrected chi connectivity index (χ1v) is 9.52. The van der Waals surface area contributed by atoms with Gasteiger partial charge in [0.1, 0.15) is 0 Å². The molecule has 0 aliphatic carbocycles. The Morgan fingerprint density at radius 1 is 1.09 bits per heavy atom. The molecule has 7 heteroatoms. The first-order chi connectivity index (χ1) is 10.9. The highest BCUT2D eigenvalue weighted by atomic mass is 32.2. The van der Waals surface area contributed by atoms with Crippen LogP contribution >= 0.6 is 0 Å². The minimum absolute atomic E-state index is 0.121. The molecule has 130 valence electrons. The van der Waals surface area contributed by atoms with Crippen LogP contribution in [0.25, 0.3) is 0 Å². The van der Waals surface area contributed by atoms with E-state index < -0.39 is 10.0 Å². The molecule has 1 aromatic rings. The molecule has 0 unspecified atom stereocenters. The summed E-state index contributed by atoms with van der Waals surface area (Å²) in [7, 11) is -3.55. The number of sulfonamides is 1. The van der Waals surface area contributed by atoms with Gasteiger partial charge in [0, 0.05) is 26.1 Å². The molecule has 0 saturated heterocycles. The smallest absolute Gasteiger partial charge is 0.243 e. The molecule has 0 heterocycles. The topological polar surface area (TPSA) is 78.5 Å². The second-order valence-corrected chi connectivity index (χ2v) is 7.06. The van der Waals surface area contributed by atoms with Gasteiger partial charge in [0.05, 0.1) is 16.3 Å². The molecule has 0 atom stereocenters. The van der Waals surface area contributed by atoms with Crippen LogP contribution in [0.2, 0.25) is 0 Å². The number of rotatable bonds is 9. The van der Waals surface area contributed by atoms with Gasteiger partial charge in [0.15, 0.2) is 0 Å². The van der Waals surface area contributed by atoms with Crippen molar-refractivity contribution in [3.63, 3.8) is 0 Å². The Balaban J connectivity index is 3.24. The van der Waals surface area contributed by atoms with Gasteiger partial charge in [-0.05, 0) is 31.5 Å². The number of anilines is 2. The lowest BCUT2D eigenvalue weighted by Crippen LogP contribution is -2.30. The summed E-state index contributed by atoms with van der Waals surface area (Å²) in [6, 6.07) is 4.79. The highest BCUT2D eigenvalue weighted by Gasteiger charge is 2.22. The number of hydrogen-bond acceptors (Lipinski definition) is 4. The highest BCUT2D eigenvalue weighted by molar-refractivity contribution is 7.89. The van der Waals surface area contributed by atoms with Gasteiger partial charge in [0.25, 0.3) is 0 Å². The molecule has 1 rings (SSSR count). The standard InChI is InChI=1S/C16H27N3O3S/c1-5-9-16(20)18-15-12-13(10-11-14(15)17-6-2)23(21,22)19(7-3)8-4/h10-12,17H,5-9H2,1-4H3,(H,18,20). The van der Waals surface area contributed by atoms with Gasteiger partial charge >= 0.3 is 0 Å². The van der Waals surface area contributed by atoms with Crippen molar-refractivity contribution in [3.05, 3.63) is 18.2 Å². The van der Waals surface area contributed by atoms with E-state index in [0.717, 1.165) is 12.1 Å². The van der Waals surface area contributed by atoms with Crippen LogP contribution in [0.15, 0.2) is 23.1 Å². The highest BCUT2D eigenvalue weighted by Crippen LogP contribution is 2.27. The Hall–Kier alpha value is -1.60. The SMILES string of the molecule is CCCC(=O)Nc1cc(S(=O)(=O)N(CC)CC)ccc1NCC. The fourth-order valence-corrected chi connectivity index (χ4v) is 3.77. The van der Waals surface area contributed by atoms with Crippen molar-refractivity contribution < 1.29 is 13.2 Å². The zero-order valence-corrected chi connectivity index (χ0v) is 15.2. The van der Waals surface area contributed by atoms with Crippen molar-refractivity contribution in [3.8, 4) is 0 Å². The number of hydrogen-bond donors (Lipinski definition) is 2. The fraction of sp³-hybridized carbons (Fsp3) is 0.562. The van der Waals surface area contributed by atoms with E-state index >= 15 is 0 Å².